The molecule has 3 aliphatic heterocycles. The summed E-state index contributed by atoms with van der Waals surface area (Å²) in [7, 11) is 0. The first-order chi connectivity index (χ1) is 13.0. The van der Waals surface area contributed by atoms with E-state index in [1.807, 2.05) is 16.7 Å². The number of piperidine rings is 2. The van der Waals surface area contributed by atoms with Crippen LogP contribution in [0, 0.1) is 12.3 Å². The minimum atomic E-state index is 0.0898. The number of H-pyrrole nitrogens is 1. The zero-order chi connectivity index (χ0) is 18.9. The molecule has 1 spiro atoms. The summed E-state index contributed by atoms with van der Waals surface area (Å²) in [6.45, 7) is 5.70. The number of nitrogens with one attached hydrogen (secondary N) is 1. The van der Waals surface area contributed by atoms with Crippen molar-refractivity contribution < 1.29 is 14.3 Å². The fourth-order valence-corrected chi connectivity index (χ4v) is 4.66. The van der Waals surface area contributed by atoms with Gasteiger partial charge in [-0.05, 0) is 44.4 Å². The maximum Gasteiger partial charge on any atom is 0.230 e. The maximum atomic E-state index is 12.5. The highest BCUT2D eigenvalue weighted by atomic mass is 16.5. The quantitative estimate of drug-likeness (QED) is 0.850. The summed E-state index contributed by atoms with van der Waals surface area (Å²) < 4.78 is 5.73. The normalized spacial score (nSPS) is 25.4. The van der Waals surface area contributed by atoms with Gasteiger partial charge in [0.05, 0.1) is 12.5 Å². The number of aromatic amines is 1. The van der Waals surface area contributed by atoms with Crippen LogP contribution in [0.3, 0.4) is 0 Å². The van der Waals surface area contributed by atoms with Crippen LogP contribution in [0.25, 0.3) is 0 Å². The number of aromatic nitrogens is 3. The van der Waals surface area contributed by atoms with Crippen LogP contribution in [0.2, 0.25) is 0 Å². The first-order valence-corrected chi connectivity index (χ1v) is 10.1. The van der Waals surface area contributed by atoms with E-state index in [1.54, 1.807) is 0 Å². The van der Waals surface area contributed by atoms with Crippen LogP contribution in [0.4, 0.5) is 0 Å². The van der Waals surface area contributed by atoms with E-state index in [2.05, 4.69) is 15.2 Å². The molecule has 148 valence electrons. The number of hydrogen-bond donors (Lipinski definition) is 1. The number of hydrogen-bond acceptors (Lipinski definition) is 5. The molecule has 8 nitrogen and oxygen atoms in total. The number of carbonyl (C=O) groups excluding carboxylic acids is 2. The average molecular weight is 375 g/mol. The fourth-order valence-electron chi connectivity index (χ4n) is 4.66. The predicted molar refractivity (Wildman–Crippen MR) is 97.9 cm³/mol. The van der Waals surface area contributed by atoms with E-state index in [1.165, 1.54) is 0 Å². The third kappa shape index (κ3) is 4.15. The number of likely N-dealkylation sites (tertiary alicyclic amines) is 2. The molecule has 0 radical (unpaired) electrons. The Bertz CT molecular complexity index is 689. The van der Waals surface area contributed by atoms with Gasteiger partial charge in [0, 0.05) is 39.2 Å². The molecule has 0 aliphatic carbocycles. The number of ether oxygens (including phenoxy) is 1. The highest BCUT2D eigenvalue weighted by Crippen LogP contribution is 2.40. The lowest BCUT2D eigenvalue weighted by Gasteiger charge is -2.47. The van der Waals surface area contributed by atoms with E-state index < -0.39 is 0 Å². The molecule has 0 aromatic carbocycles. The van der Waals surface area contributed by atoms with E-state index in [-0.39, 0.29) is 29.8 Å². The number of nitrogens with zero attached hydrogens (tertiary/aromatic N) is 4. The highest BCUT2D eigenvalue weighted by molar-refractivity contribution is 5.78. The molecule has 8 heteroatoms. The number of carbonyl (C=O) groups is 2. The van der Waals surface area contributed by atoms with Gasteiger partial charge in [0.15, 0.2) is 5.82 Å². The molecule has 2 amide bonds. The second-order valence-corrected chi connectivity index (χ2v) is 8.30. The molecule has 0 unspecified atom stereocenters. The smallest absolute Gasteiger partial charge is 0.230 e. The molecule has 3 saturated heterocycles. The van der Waals surface area contributed by atoms with Gasteiger partial charge in [-0.1, -0.05) is 0 Å². The summed E-state index contributed by atoms with van der Waals surface area (Å²) in [4.78, 5) is 33.1. The van der Waals surface area contributed by atoms with Crippen LogP contribution in [0.5, 0.6) is 0 Å². The molecule has 4 heterocycles. The zero-order valence-corrected chi connectivity index (χ0v) is 16.1. The van der Waals surface area contributed by atoms with Crippen LogP contribution in [0.15, 0.2) is 0 Å². The van der Waals surface area contributed by atoms with Crippen LogP contribution in [-0.4, -0.2) is 75.7 Å². The minimum Gasteiger partial charge on any atom is -0.376 e. The molecule has 1 atom stereocenters. The third-order valence-electron chi connectivity index (χ3n) is 6.33. The lowest BCUT2D eigenvalue weighted by atomic mass is 9.72. The number of rotatable bonds is 4. The van der Waals surface area contributed by atoms with E-state index in [0.29, 0.717) is 12.2 Å². The van der Waals surface area contributed by atoms with Gasteiger partial charge in [-0.2, -0.15) is 5.10 Å². The van der Waals surface area contributed by atoms with Crippen molar-refractivity contribution in [3.05, 3.63) is 11.6 Å². The first kappa shape index (κ1) is 18.4. The second-order valence-electron chi connectivity index (χ2n) is 8.30. The second kappa shape index (κ2) is 7.58. The van der Waals surface area contributed by atoms with Crippen LogP contribution < -0.4 is 0 Å². The highest BCUT2D eigenvalue weighted by Gasteiger charge is 2.42. The zero-order valence-electron chi connectivity index (χ0n) is 16.1. The summed E-state index contributed by atoms with van der Waals surface area (Å²) in [6.07, 6.45) is 6.09. The van der Waals surface area contributed by atoms with Gasteiger partial charge in [-0.3, -0.25) is 14.7 Å². The van der Waals surface area contributed by atoms with Crippen molar-refractivity contribution in [3.63, 3.8) is 0 Å². The Hall–Kier alpha value is -1.96. The van der Waals surface area contributed by atoms with E-state index in [0.717, 1.165) is 70.7 Å². The van der Waals surface area contributed by atoms with Crippen molar-refractivity contribution in [2.75, 3.05) is 32.8 Å². The van der Waals surface area contributed by atoms with Crippen molar-refractivity contribution in [1.29, 1.82) is 0 Å². The van der Waals surface area contributed by atoms with Crippen molar-refractivity contribution >= 4 is 11.8 Å². The molecule has 27 heavy (non-hydrogen) atoms. The molecule has 1 aromatic heterocycles. The summed E-state index contributed by atoms with van der Waals surface area (Å²) in [5.74, 6) is 1.64. The van der Waals surface area contributed by atoms with Gasteiger partial charge < -0.3 is 14.5 Å². The van der Waals surface area contributed by atoms with Crippen LogP contribution >= 0.6 is 0 Å². The lowest BCUT2D eigenvalue weighted by molar-refractivity contribution is -0.143. The Kier molecular flexibility index (Phi) is 5.16. The Morgan fingerprint density at radius 1 is 1.33 bits per heavy atom. The predicted octanol–water partition coefficient (Wildman–Crippen LogP) is 1.07. The Labute approximate surface area is 159 Å². The van der Waals surface area contributed by atoms with Crippen LogP contribution in [0.1, 0.15) is 50.2 Å². The van der Waals surface area contributed by atoms with Crippen LogP contribution in [-0.2, 0) is 20.7 Å². The standard InChI is InChI=1S/C19H29N5O3/c1-14-20-16(22-21-14)11-18(26)23-8-6-19(7-9-23)5-4-17(25)24(13-19)12-15-3-2-10-27-15/h15H,2-13H2,1H3,(H,20,21,22)/t15-/m0/s1. The molecule has 1 N–H and O–H groups in total. The van der Waals surface area contributed by atoms with E-state index in [4.69, 9.17) is 4.74 Å². The van der Waals surface area contributed by atoms with Gasteiger partial charge in [0.2, 0.25) is 11.8 Å². The van der Waals surface area contributed by atoms with Crippen molar-refractivity contribution in [2.45, 2.75) is 58.0 Å². The fraction of sp³-hybridized carbons (Fsp3) is 0.789. The number of aryl methyl sites for hydroxylation is 1. The minimum absolute atomic E-state index is 0.0898. The van der Waals surface area contributed by atoms with Gasteiger partial charge >= 0.3 is 0 Å². The SMILES string of the molecule is Cc1nc(CC(=O)N2CCC3(CCC(=O)N(C[C@@H]4CCCO4)C3)CC2)n[nH]1. The van der Waals surface area contributed by atoms with Gasteiger partial charge in [-0.15, -0.1) is 0 Å². The van der Waals surface area contributed by atoms with Crippen molar-refractivity contribution in [1.82, 2.24) is 25.0 Å². The molecular weight excluding hydrogens is 346 g/mol. The summed E-state index contributed by atoms with van der Waals surface area (Å²) in [5, 5.41) is 6.84. The molecule has 3 aliphatic rings. The van der Waals surface area contributed by atoms with Crippen molar-refractivity contribution in [3.8, 4) is 0 Å². The van der Waals surface area contributed by atoms with Gasteiger partial charge in [0.1, 0.15) is 5.82 Å². The Morgan fingerprint density at radius 3 is 2.81 bits per heavy atom. The molecule has 0 bridgehead atoms. The Balaban J connectivity index is 1.31. The van der Waals surface area contributed by atoms with E-state index in [9.17, 15) is 9.59 Å². The van der Waals surface area contributed by atoms with Gasteiger partial charge in [-0.25, -0.2) is 4.98 Å². The van der Waals surface area contributed by atoms with Gasteiger partial charge in [0.25, 0.3) is 0 Å². The summed E-state index contributed by atoms with van der Waals surface area (Å²) >= 11 is 0. The maximum absolute atomic E-state index is 12.5. The molecule has 0 saturated carbocycles. The third-order valence-corrected chi connectivity index (χ3v) is 6.33. The number of amides is 2. The monoisotopic (exact) mass is 375 g/mol. The van der Waals surface area contributed by atoms with Crippen molar-refractivity contribution in [2.24, 2.45) is 5.41 Å². The molecule has 4 rings (SSSR count). The lowest BCUT2D eigenvalue weighted by Crippen LogP contribution is -2.53. The topological polar surface area (TPSA) is 91.4 Å². The Morgan fingerprint density at radius 2 is 2.15 bits per heavy atom. The summed E-state index contributed by atoms with van der Waals surface area (Å²) in [5.41, 5.74) is 0.157. The first-order valence-electron chi connectivity index (χ1n) is 10.1. The van der Waals surface area contributed by atoms with E-state index >= 15 is 0 Å². The molecular formula is C19H29N5O3. The molecule has 1 aromatic rings. The molecule has 3 fully saturated rings. The average Bonchev–Trinajstić information content (AvgIpc) is 3.31. The largest absolute Gasteiger partial charge is 0.376 e. The summed E-state index contributed by atoms with van der Waals surface area (Å²) in [6, 6.07) is 0.